The van der Waals surface area contributed by atoms with Gasteiger partial charge in [-0.2, -0.15) is 0 Å². The van der Waals surface area contributed by atoms with E-state index in [1.54, 1.807) is 37.3 Å². The number of nitrogens with one attached hydrogen (secondary N) is 1. The summed E-state index contributed by atoms with van der Waals surface area (Å²) in [4.78, 5) is 36.8. The zero-order chi connectivity index (χ0) is 16.1. The standard InChI is InChI=1S/C15H15ClN2O3S/c1-2-13(19)17-7-8-18-14(20)12(22-15(18)21)9-10-3-5-11(16)6-4-10/h3-6,9H,2,7-8H2,1H3,(H,17,19)/b12-9-. The first-order valence-corrected chi connectivity index (χ1v) is 7.98. The van der Waals surface area contributed by atoms with Crippen molar-refractivity contribution < 1.29 is 14.4 Å². The van der Waals surface area contributed by atoms with Crippen molar-refractivity contribution in [1.82, 2.24) is 10.2 Å². The highest BCUT2D eigenvalue weighted by Crippen LogP contribution is 2.31. The molecule has 0 aliphatic carbocycles. The monoisotopic (exact) mass is 338 g/mol. The van der Waals surface area contributed by atoms with Gasteiger partial charge in [0.1, 0.15) is 0 Å². The summed E-state index contributed by atoms with van der Waals surface area (Å²) >= 11 is 6.71. The molecule has 3 amide bonds. The number of benzene rings is 1. The molecule has 1 aromatic carbocycles. The summed E-state index contributed by atoms with van der Waals surface area (Å²) < 4.78 is 0. The van der Waals surface area contributed by atoms with Gasteiger partial charge in [0.15, 0.2) is 0 Å². The van der Waals surface area contributed by atoms with Crippen molar-refractivity contribution >= 4 is 46.5 Å². The second-order valence-corrected chi connectivity index (χ2v) is 6.02. The number of halogens is 1. The Morgan fingerprint density at radius 1 is 1.32 bits per heavy atom. The van der Waals surface area contributed by atoms with Gasteiger partial charge >= 0.3 is 0 Å². The summed E-state index contributed by atoms with van der Waals surface area (Å²) in [7, 11) is 0. The maximum atomic E-state index is 12.2. The van der Waals surface area contributed by atoms with E-state index >= 15 is 0 Å². The molecule has 1 aliphatic rings. The van der Waals surface area contributed by atoms with Crippen LogP contribution in [0.2, 0.25) is 5.02 Å². The molecule has 0 bridgehead atoms. The Balaban J connectivity index is 2.02. The summed E-state index contributed by atoms with van der Waals surface area (Å²) in [5.41, 5.74) is 0.800. The predicted molar refractivity (Wildman–Crippen MR) is 87.4 cm³/mol. The predicted octanol–water partition coefficient (Wildman–Crippen LogP) is 2.90. The molecular weight excluding hydrogens is 324 g/mol. The minimum absolute atomic E-state index is 0.108. The van der Waals surface area contributed by atoms with Crippen molar-refractivity contribution in [2.24, 2.45) is 0 Å². The van der Waals surface area contributed by atoms with Crippen LogP contribution in [0.15, 0.2) is 29.2 Å². The number of thioether (sulfide) groups is 1. The van der Waals surface area contributed by atoms with Gasteiger partial charge in [-0.15, -0.1) is 0 Å². The van der Waals surface area contributed by atoms with Crippen molar-refractivity contribution in [3.63, 3.8) is 0 Å². The van der Waals surface area contributed by atoms with Crippen molar-refractivity contribution in [2.45, 2.75) is 13.3 Å². The Morgan fingerprint density at radius 2 is 2.00 bits per heavy atom. The maximum Gasteiger partial charge on any atom is 0.293 e. The molecule has 1 heterocycles. The summed E-state index contributed by atoms with van der Waals surface area (Å²) in [6, 6.07) is 6.99. The van der Waals surface area contributed by atoms with Crippen molar-refractivity contribution in [3.8, 4) is 0 Å². The van der Waals surface area contributed by atoms with Crippen LogP contribution in [0.5, 0.6) is 0 Å². The van der Waals surface area contributed by atoms with Gasteiger partial charge in [0.2, 0.25) is 5.91 Å². The summed E-state index contributed by atoms with van der Waals surface area (Å²) in [5, 5.41) is 2.93. The van der Waals surface area contributed by atoms with Gasteiger partial charge in [-0.3, -0.25) is 19.3 Å². The third-order valence-corrected chi connectivity index (χ3v) is 4.18. The zero-order valence-corrected chi connectivity index (χ0v) is 13.5. The van der Waals surface area contributed by atoms with Gasteiger partial charge in [0.25, 0.3) is 11.1 Å². The van der Waals surface area contributed by atoms with Crippen molar-refractivity contribution in [2.75, 3.05) is 13.1 Å². The molecule has 5 nitrogen and oxygen atoms in total. The smallest absolute Gasteiger partial charge is 0.293 e. The second kappa shape index (κ2) is 7.47. The first-order chi connectivity index (χ1) is 10.5. The van der Waals surface area contributed by atoms with Crippen LogP contribution >= 0.6 is 23.4 Å². The molecule has 1 saturated heterocycles. The average molecular weight is 339 g/mol. The van der Waals surface area contributed by atoms with Gasteiger partial charge in [0.05, 0.1) is 4.91 Å². The van der Waals surface area contributed by atoms with E-state index in [0.29, 0.717) is 16.3 Å². The molecule has 0 saturated carbocycles. The van der Waals surface area contributed by atoms with Crippen LogP contribution in [0.1, 0.15) is 18.9 Å². The Bertz CT molecular complexity index is 628. The first kappa shape index (κ1) is 16.6. The molecular formula is C15H15ClN2O3S. The highest BCUT2D eigenvalue weighted by Gasteiger charge is 2.34. The fourth-order valence-corrected chi connectivity index (χ4v) is 2.83. The van der Waals surface area contributed by atoms with Gasteiger partial charge in [0, 0.05) is 24.5 Å². The number of hydrogen-bond donors (Lipinski definition) is 1. The van der Waals surface area contributed by atoms with E-state index in [1.807, 2.05) is 0 Å². The van der Waals surface area contributed by atoms with Crippen molar-refractivity contribution in [3.05, 3.63) is 39.8 Å². The van der Waals surface area contributed by atoms with Gasteiger partial charge in [-0.05, 0) is 35.5 Å². The SMILES string of the molecule is CCC(=O)NCCN1C(=O)S/C(=C\c2ccc(Cl)cc2)C1=O. The number of rotatable bonds is 5. The zero-order valence-electron chi connectivity index (χ0n) is 12.0. The Morgan fingerprint density at radius 3 is 2.64 bits per heavy atom. The van der Waals surface area contributed by atoms with Crippen LogP contribution in [-0.4, -0.2) is 35.0 Å². The normalized spacial score (nSPS) is 16.5. The minimum Gasteiger partial charge on any atom is -0.354 e. The number of hydrogen-bond acceptors (Lipinski definition) is 4. The molecule has 7 heteroatoms. The lowest BCUT2D eigenvalue weighted by molar-refractivity contribution is -0.124. The van der Waals surface area contributed by atoms with E-state index in [2.05, 4.69) is 5.32 Å². The summed E-state index contributed by atoms with van der Waals surface area (Å²) in [6.45, 7) is 2.18. The number of amides is 3. The molecule has 0 radical (unpaired) electrons. The number of carbonyl (C=O) groups excluding carboxylic acids is 3. The molecule has 1 N–H and O–H groups in total. The number of nitrogens with zero attached hydrogens (tertiary/aromatic N) is 1. The number of imide groups is 1. The van der Waals surface area contributed by atoms with Gasteiger partial charge in [-0.25, -0.2) is 0 Å². The molecule has 22 heavy (non-hydrogen) atoms. The fourth-order valence-electron chi connectivity index (χ4n) is 1.84. The van der Waals surface area contributed by atoms with Gasteiger partial charge < -0.3 is 5.32 Å². The van der Waals surface area contributed by atoms with E-state index < -0.39 is 0 Å². The van der Waals surface area contributed by atoms with E-state index in [1.165, 1.54) is 0 Å². The Hall–Kier alpha value is -1.79. The van der Waals surface area contributed by atoms with Crippen LogP contribution in [0, 0.1) is 0 Å². The lowest BCUT2D eigenvalue weighted by atomic mass is 10.2. The molecule has 1 fully saturated rings. The molecule has 116 valence electrons. The lowest BCUT2D eigenvalue weighted by Gasteiger charge is -2.12. The molecule has 2 rings (SSSR count). The molecule has 0 unspecified atom stereocenters. The Labute approximate surface area is 137 Å². The summed E-state index contributed by atoms with van der Waals surface area (Å²) in [5.74, 6) is -0.445. The topological polar surface area (TPSA) is 66.5 Å². The van der Waals surface area contributed by atoms with E-state index in [0.717, 1.165) is 22.2 Å². The van der Waals surface area contributed by atoms with Crippen LogP contribution in [0.25, 0.3) is 6.08 Å². The molecule has 1 aliphatic heterocycles. The quantitative estimate of drug-likeness (QED) is 0.838. The summed E-state index contributed by atoms with van der Waals surface area (Å²) in [6.07, 6.45) is 2.03. The van der Waals surface area contributed by atoms with Crippen molar-refractivity contribution in [1.29, 1.82) is 0 Å². The van der Waals surface area contributed by atoms with Crippen LogP contribution in [0.3, 0.4) is 0 Å². The first-order valence-electron chi connectivity index (χ1n) is 6.79. The number of carbonyl (C=O) groups is 3. The largest absolute Gasteiger partial charge is 0.354 e. The molecule has 0 aromatic heterocycles. The highest BCUT2D eigenvalue weighted by molar-refractivity contribution is 8.18. The van der Waals surface area contributed by atoms with Crippen LogP contribution in [0.4, 0.5) is 4.79 Å². The van der Waals surface area contributed by atoms with Crippen LogP contribution < -0.4 is 5.32 Å². The minimum atomic E-state index is -0.337. The van der Waals surface area contributed by atoms with Crippen LogP contribution in [-0.2, 0) is 9.59 Å². The van der Waals surface area contributed by atoms with E-state index in [4.69, 9.17) is 11.6 Å². The highest BCUT2D eigenvalue weighted by atomic mass is 35.5. The third kappa shape index (κ3) is 4.11. The fraction of sp³-hybridized carbons (Fsp3) is 0.267. The lowest BCUT2D eigenvalue weighted by Crippen LogP contribution is -2.37. The third-order valence-electron chi connectivity index (χ3n) is 3.02. The van der Waals surface area contributed by atoms with Gasteiger partial charge in [-0.1, -0.05) is 30.7 Å². The average Bonchev–Trinajstić information content (AvgIpc) is 2.76. The molecule has 0 atom stereocenters. The Kier molecular flexibility index (Phi) is 5.63. The van der Waals surface area contributed by atoms with E-state index in [-0.39, 0.29) is 30.1 Å². The second-order valence-electron chi connectivity index (χ2n) is 4.59. The molecule has 0 spiro atoms. The maximum absolute atomic E-state index is 12.2. The van der Waals surface area contributed by atoms with E-state index in [9.17, 15) is 14.4 Å². The molecule has 1 aromatic rings.